The first-order valence-electron chi connectivity index (χ1n) is 10.8. The molecule has 162 valence electrons. The number of carbonyl (C=O) groups excluding carboxylic acids is 2. The summed E-state index contributed by atoms with van der Waals surface area (Å²) in [5.41, 5.74) is 2.19. The van der Waals surface area contributed by atoms with E-state index >= 15 is 0 Å². The highest BCUT2D eigenvalue weighted by atomic mass is 32.2. The van der Waals surface area contributed by atoms with Crippen LogP contribution >= 0.6 is 11.8 Å². The van der Waals surface area contributed by atoms with Crippen molar-refractivity contribution in [3.63, 3.8) is 0 Å². The fourth-order valence-electron chi connectivity index (χ4n) is 3.67. The summed E-state index contributed by atoms with van der Waals surface area (Å²) >= 11 is 1.37. The predicted molar refractivity (Wildman–Crippen MR) is 119 cm³/mol. The summed E-state index contributed by atoms with van der Waals surface area (Å²) < 4.78 is 2.03. The van der Waals surface area contributed by atoms with Gasteiger partial charge in [0, 0.05) is 38.2 Å². The number of rotatable bonds is 8. The van der Waals surface area contributed by atoms with E-state index < -0.39 is 0 Å². The van der Waals surface area contributed by atoms with Gasteiger partial charge in [0.1, 0.15) is 0 Å². The molecular weight excluding hydrogens is 398 g/mol. The average Bonchev–Trinajstić information content (AvgIpc) is 2.95. The Balaban J connectivity index is 1.48. The highest BCUT2D eigenvalue weighted by Gasteiger charge is 2.17. The third kappa shape index (κ3) is 5.84. The molecule has 3 rings (SSSR count). The van der Waals surface area contributed by atoms with Gasteiger partial charge in [-0.2, -0.15) is 0 Å². The van der Waals surface area contributed by atoms with E-state index in [1.54, 1.807) is 0 Å². The number of nitrogens with one attached hydrogen (secondary N) is 1. The lowest BCUT2D eigenvalue weighted by Crippen LogP contribution is -2.35. The molecule has 30 heavy (non-hydrogen) atoms. The van der Waals surface area contributed by atoms with Gasteiger partial charge in [-0.3, -0.25) is 9.59 Å². The zero-order valence-electron chi connectivity index (χ0n) is 17.9. The molecular formula is C22H31N5O2S. The van der Waals surface area contributed by atoms with Gasteiger partial charge in [-0.05, 0) is 32.3 Å². The van der Waals surface area contributed by atoms with Crippen LogP contribution in [-0.4, -0.2) is 56.9 Å². The van der Waals surface area contributed by atoms with Crippen molar-refractivity contribution in [3.05, 3.63) is 29.8 Å². The van der Waals surface area contributed by atoms with Crippen molar-refractivity contribution in [1.82, 2.24) is 25.0 Å². The largest absolute Gasteiger partial charge is 0.355 e. The standard InChI is InChI=1S/C22H31N5O2S/c1-3-27-21(18-11-7-6-10-17(18)2)24-25-22(27)30-16-19(28)23-13-12-20(29)26-14-8-4-5-9-15-26/h6-7,10-11H,3-5,8-9,12-16H2,1-2H3,(H,23,28). The third-order valence-electron chi connectivity index (χ3n) is 5.37. The van der Waals surface area contributed by atoms with Gasteiger partial charge in [0.05, 0.1) is 5.75 Å². The number of hydrogen-bond donors (Lipinski definition) is 1. The minimum absolute atomic E-state index is 0.0910. The molecule has 0 aliphatic carbocycles. The first-order valence-corrected chi connectivity index (χ1v) is 11.7. The van der Waals surface area contributed by atoms with Gasteiger partial charge in [-0.1, -0.05) is 48.9 Å². The highest BCUT2D eigenvalue weighted by Crippen LogP contribution is 2.26. The Morgan fingerprint density at radius 1 is 1.10 bits per heavy atom. The number of aryl methyl sites for hydroxylation is 1. The maximum absolute atomic E-state index is 12.3. The van der Waals surface area contributed by atoms with Crippen LogP contribution in [0, 0.1) is 6.92 Å². The second-order valence-corrected chi connectivity index (χ2v) is 8.49. The van der Waals surface area contributed by atoms with Crippen LogP contribution in [-0.2, 0) is 16.1 Å². The van der Waals surface area contributed by atoms with Crippen LogP contribution in [0.15, 0.2) is 29.4 Å². The number of aromatic nitrogens is 3. The van der Waals surface area contributed by atoms with E-state index in [4.69, 9.17) is 0 Å². The zero-order valence-corrected chi connectivity index (χ0v) is 18.7. The number of likely N-dealkylation sites (tertiary alicyclic amines) is 1. The summed E-state index contributed by atoms with van der Waals surface area (Å²) in [5.74, 6) is 1.12. The Hall–Kier alpha value is -2.35. The zero-order chi connectivity index (χ0) is 21.3. The molecule has 0 saturated carbocycles. The van der Waals surface area contributed by atoms with Gasteiger partial charge in [-0.25, -0.2) is 0 Å². The number of hydrogen-bond acceptors (Lipinski definition) is 5. The molecule has 0 unspecified atom stereocenters. The number of nitrogens with zero attached hydrogens (tertiary/aromatic N) is 4. The normalized spacial score (nSPS) is 14.4. The summed E-state index contributed by atoms with van der Waals surface area (Å²) in [6.45, 7) is 6.90. The molecule has 1 N–H and O–H groups in total. The lowest BCUT2D eigenvalue weighted by Gasteiger charge is -2.20. The summed E-state index contributed by atoms with van der Waals surface area (Å²) in [4.78, 5) is 26.5. The molecule has 2 heterocycles. The number of benzene rings is 1. The van der Waals surface area contributed by atoms with Crippen molar-refractivity contribution in [2.45, 2.75) is 57.7 Å². The Labute approximate surface area is 182 Å². The van der Waals surface area contributed by atoms with Crippen LogP contribution in [0.5, 0.6) is 0 Å². The summed E-state index contributed by atoms with van der Waals surface area (Å²) in [6.07, 6.45) is 4.92. The van der Waals surface area contributed by atoms with Crippen molar-refractivity contribution in [1.29, 1.82) is 0 Å². The minimum Gasteiger partial charge on any atom is -0.355 e. The molecule has 1 fully saturated rings. The summed E-state index contributed by atoms with van der Waals surface area (Å²) in [5, 5.41) is 12.2. The number of amides is 2. The van der Waals surface area contributed by atoms with Gasteiger partial charge in [0.25, 0.3) is 0 Å². The van der Waals surface area contributed by atoms with Crippen LogP contribution in [0.1, 0.15) is 44.6 Å². The molecule has 1 aromatic carbocycles. The predicted octanol–water partition coefficient (Wildman–Crippen LogP) is 3.27. The van der Waals surface area contributed by atoms with Gasteiger partial charge >= 0.3 is 0 Å². The van der Waals surface area contributed by atoms with E-state index in [9.17, 15) is 9.59 Å². The second-order valence-electron chi connectivity index (χ2n) is 7.55. The van der Waals surface area contributed by atoms with Crippen LogP contribution in [0.25, 0.3) is 11.4 Å². The Kier molecular flexibility index (Phi) is 8.30. The molecule has 0 radical (unpaired) electrons. The fourth-order valence-corrected chi connectivity index (χ4v) is 4.50. The molecule has 1 aromatic heterocycles. The fraction of sp³-hybridized carbons (Fsp3) is 0.545. The van der Waals surface area contributed by atoms with Crippen LogP contribution in [0.4, 0.5) is 0 Å². The lowest BCUT2D eigenvalue weighted by molar-refractivity contribution is -0.131. The Morgan fingerprint density at radius 2 is 1.83 bits per heavy atom. The van der Waals surface area contributed by atoms with E-state index in [0.29, 0.717) is 13.0 Å². The maximum Gasteiger partial charge on any atom is 0.230 e. The molecule has 8 heteroatoms. The average molecular weight is 430 g/mol. The summed E-state index contributed by atoms with van der Waals surface area (Å²) in [6, 6.07) is 8.08. The van der Waals surface area contributed by atoms with Gasteiger partial charge in [0.2, 0.25) is 11.8 Å². The first-order chi connectivity index (χ1) is 14.6. The van der Waals surface area contributed by atoms with Crippen LogP contribution in [0.2, 0.25) is 0 Å². The van der Waals surface area contributed by atoms with Crippen molar-refractivity contribution in [2.24, 2.45) is 0 Å². The van der Waals surface area contributed by atoms with Crippen LogP contribution in [0.3, 0.4) is 0 Å². The van der Waals surface area contributed by atoms with E-state index in [2.05, 4.69) is 28.5 Å². The second kappa shape index (κ2) is 11.2. The van der Waals surface area contributed by atoms with Crippen molar-refractivity contribution < 1.29 is 9.59 Å². The van der Waals surface area contributed by atoms with Gasteiger partial charge < -0.3 is 14.8 Å². The van der Waals surface area contributed by atoms with Gasteiger partial charge in [-0.15, -0.1) is 10.2 Å². The molecule has 1 aliphatic rings. The Bertz CT molecular complexity index is 859. The van der Waals surface area contributed by atoms with Crippen molar-refractivity contribution in [3.8, 4) is 11.4 Å². The molecule has 0 atom stereocenters. The topological polar surface area (TPSA) is 80.1 Å². The molecule has 0 spiro atoms. The number of thioether (sulfide) groups is 1. The molecule has 0 bridgehead atoms. The molecule has 2 amide bonds. The number of carbonyl (C=O) groups is 2. The van der Waals surface area contributed by atoms with E-state index in [1.807, 2.05) is 34.6 Å². The smallest absolute Gasteiger partial charge is 0.230 e. The molecule has 1 saturated heterocycles. The monoisotopic (exact) mass is 429 g/mol. The van der Waals surface area contributed by atoms with Crippen molar-refractivity contribution in [2.75, 3.05) is 25.4 Å². The van der Waals surface area contributed by atoms with Crippen LogP contribution < -0.4 is 5.32 Å². The molecule has 2 aromatic rings. The third-order valence-corrected chi connectivity index (χ3v) is 6.34. The Morgan fingerprint density at radius 3 is 2.53 bits per heavy atom. The highest BCUT2D eigenvalue weighted by molar-refractivity contribution is 7.99. The van der Waals surface area contributed by atoms with Gasteiger partial charge in [0.15, 0.2) is 11.0 Å². The van der Waals surface area contributed by atoms with E-state index in [1.165, 1.54) is 24.6 Å². The first kappa shape index (κ1) is 22.3. The molecule has 1 aliphatic heterocycles. The SMILES string of the molecule is CCn1c(SCC(=O)NCCC(=O)N2CCCCCC2)nnc1-c1ccccc1C. The van der Waals surface area contributed by atoms with Crippen molar-refractivity contribution >= 4 is 23.6 Å². The maximum atomic E-state index is 12.3. The minimum atomic E-state index is -0.0910. The quantitative estimate of drug-likeness (QED) is 0.652. The lowest BCUT2D eigenvalue weighted by atomic mass is 10.1. The van der Waals surface area contributed by atoms with E-state index in [-0.39, 0.29) is 17.6 Å². The molecule has 7 nitrogen and oxygen atoms in total. The summed E-state index contributed by atoms with van der Waals surface area (Å²) in [7, 11) is 0. The van der Waals surface area contributed by atoms with E-state index in [0.717, 1.165) is 54.6 Å².